The number of amides is 1. The van der Waals surface area contributed by atoms with Crippen LogP contribution in [0.2, 0.25) is 0 Å². The van der Waals surface area contributed by atoms with Crippen molar-refractivity contribution in [2.45, 2.75) is 13.5 Å². The molecule has 7 heteroatoms. The number of hydrogen-bond acceptors (Lipinski definition) is 5. The van der Waals surface area contributed by atoms with Crippen molar-refractivity contribution >= 4 is 16.8 Å². The number of carbonyl (C=O) groups excluding carboxylic acids is 1. The summed E-state index contributed by atoms with van der Waals surface area (Å²) < 4.78 is 6.69. The normalized spacial score (nSPS) is 10.1. The van der Waals surface area contributed by atoms with E-state index in [1.165, 1.54) is 10.9 Å². The summed E-state index contributed by atoms with van der Waals surface area (Å²) >= 11 is 0. The molecule has 3 rings (SSSR count). The lowest BCUT2D eigenvalue weighted by atomic mass is 10.2. The molecule has 2 heterocycles. The van der Waals surface area contributed by atoms with Crippen LogP contribution in [0.15, 0.2) is 53.7 Å². The third-order valence-electron chi connectivity index (χ3n) is 3.74. The van der Waals surface area contributed by atoms with E-state index < -0.39 is 0 Å². The van der Waals surface area contributed by atoms with Crippen LogP contribution in [0.3, 0.4) is 0 Å². The van der Waals surface area contributed by atoms with Crippen LogP contribution in [0.5, 0.6) is 5.75 Å². The number of pyridine rings is 1. The zero-order chi connectivity index (χ0) is 19.1. The summed E-state index contributed by atoms with van der Waals surface area (Å²) in [7, 11) is 0. The lowest BCUT2D eigenvalue weighted by Crippen LogP contribution is -2.32. The van der Waals surface area contributed by atoms with Crippen molar-refractivity contribution in [1.29, 1.82) is 0 Å². The van der Waals surface area contributed by atoms with Gasteiger partial charge in [-0.05, 0) is 31.2 Å². The minimum absolute atomic E-state index is 0.107. The zero-order valence-corrected chi connectivity index (χ0v) is 14.8. The van der Waals surface area contributed by atoms with Crippen molar-refractivity contribution in [3.8, 4) is 17.6 Å². The van der Waals surface area contributed by atoms with Crippen LogP contribution in [0.4, 0.5) is 0 Å². The first-order chi connectivity index (χ1) is 13.1. The van der Waals surface area contributed by atoms with Crippen molar-refractivity contribution in [1.82, 2.24) is 19.9 Å². The van der Waals surface area contributed by atoms with Crippen molar-refractivity contribution < 1.29 is 9.53 Å². The van der Waals surface area contributed by atoms with E-state index in [-0.39, 0.29) is 31.2 Å². The molecule has 0 fully saturated rings. The Morgan fingerprint density at radius 3 is 2.85 bits per heavy atom. The van der Waals surface area contributed by atoms with E-state index in [4.69, 9.17) is 4.74 Å². The number of hydrogen-bond donors (Lipinski definition) is 1. The van der Waals surface area contributed by atoms with Crippen molar-refractivity contribution in [2.24, 2.45) is 0 Å². The molecule has 0 spiro atoms. The van der Waals surface area contributed by atoms with Gasteiger partial charge >= 0.3 is 0 Å². The summed E-state index contributed by atoms with van der Waals surface area (Å²) in [5.74, 6) is 5.93. The van der Waals surface area contributed by atoms with Gasteiger partial charge in [-0.2, -0.15) is 0 Å². The first-order valence-corrected chi connectivity index (χ1v) is 8.35. The predicted molar refractivity (Wildman–Crippen MR) is 101 cm³/mol. The largest absolute Gasteiger partial charge is 0.479 e. The lowest BCUT2D eigenvalue weighted by Gasteiger charge is -2.06. The maximum absolute atomic E-state index is 12.3. The topological polar surface area (TPSA) is 86.1 Å². The maximum atomic E-state index is 12.3. The Hall–Kier alpha value is -3.66. The molecule has 0 aliphatic carbocycles. The molecule has 0 aliphatic rings. The minimum Gasteiger partial charge on any atom is -0.479 e. The highest BCUT2D eigenvalue weighted by molar-refractivity contribution is 5.78. The van der Waals surface area contributed by atoms with Gasteiger partial charge in [0.2, 0.25) is 5.91 Å². The number of carbonyl (C=O) groups is 1. The Kier molecular flexibility index (Phi) is 5.80. The van der Waals surface area contributed by atoms with Crippen LogP contribution in [0.1, 0.15) is 5.69 Å². The number of rotatable bonds is 5. The molecule has 1 aromatic carbocycles. The smallest absolute Gasteiger partial charge is 0.261 e. The molecule has 1 amide bonds. The summed E-state index contributed by atoms with van der Waals surface area (Å²) in [5.41, 5.74) is 1.27. The first-order valence-electron chi connectivity index (χ1n) is 8.35. The summed E-state index contributed by atoms with van der Waals surface area (Å²) in [6, 6.07) is 10.7. The Balaban J connectivity index is 1.47. The van der Waals surface area contributed by atoms with Crippen LogP contribution in [0.25, 0.3) is 10.9 Å². The predicted octanol–water partition coefficient (Wildman–Crippen LogP) is 1.30. The van der Waals surface area contributed by atoms with Gasteiger partial charge in [-0.1, -0.05) is 24.0 Å². The molecule has 27 heavy (non-hydrogen) atoms. The Morgan fingerprint density at radius 1 is 1.19 bits per heavy atom. The van der Waals surface area contributed by atoms with Crippen LogP contribution in [-0.4, -0.2) is 33.6 Å². The van der Waals surface area contributed by atoms with Crippen LogP contribution < -0.4 is 15.6 Å². The molecule has 1 N–H and O–H groups in total. The number of aryl methyl sites for hydroxylation is 1. The standard InChI is InChI=1S/C20H18N4O3/c1-15-8-9-16(12-22-15)27-11-5-4-10-21-19(25)13-24-14-23-18-7-3-2-6-17(18)20(24)26/h2-3,6-9,12,14H,10-11,13H2,1H3,(H,21,25). The number of aromatic nitrogens is 3. The molecule has 0 radical (unpaired) electrons. The quantitative estimate of drug-likeness (QED) is 0.692. The van der Waals surface area contributed by atoms with E-state index in [0.29, 0.717) is 16.7 Å². The third kappa shape index (κ3) is 4.92. The molecule has 0 atom stereocenters. The fourth-order valence-corrected chi connectivity index (χ4v) is 2.34. The Bertz CT molecular complexity index is 1060. The molecular formula is C20H18N4O3. The summed E-state index contributed by atoms with van der Waals surface area (Å²) in [4.78, 5) is 32.6. The zero-order valence-electron chi connectivity index (χ0n) is 14.8. The van der Waals surface area contributed by atoms with E-state index in [9.17, 15) is 9.59 Å². The van der Waals surface area contributed by atoms with E-state index in [2.05, 4.69) is 27.1 Å². The Labute approximate surface area is 156 Å². The molecule has 0 bridgehead atoms. The number of nitrogens with zero attached hydrogens (tertiary/aromatic N) is 3. The molecule has 0 saturated heterocycles. The van der Waals surface area contributed by atoms with Crippen LogP contribution in [0, 0.1) is 18.8 Å². The molecule has 0 saturated carbocycles. The molecule has 3 aromatic rings. The number of nitrogens with one attached hydrogen (secondary N) is 1. The van der Waals surface area contributed by atoms with Gasteiger partial charge in [0.25, 0.3) is 5.56 Å². The highest BCUT2D eigenvalue weighted by atomic mass is 16.5. The van der Waals surface area contributed by atoms with Gasteiger partial charge < -0.3 is 10.1 Å². The van der Waals surface area contributed by atoms with Crippen molar-refractivity contribution in [3.63, 3.8) is 0 Å². The monoisotopic (exact) mass is 362 g/mol. The van der Waals surface area contributed by atoms with E-state index >= 15 is 0 Å². The second-order valence-electron chi connectivity index (χ2n) is 5.75. The van der Waals surface area contributed by atoms with Gasteiger partial charge in [-0.3, -0.25) is 19.1 Å². The maximum Gasteiger partial charge on any atom is 0.261 e. The van der Waals surface area contributed by atoms with Gasteiger partial charge in [0.05, 0.1) is 30.0 Å². The Morgan fingerprint density at radius 2 is 2.04 bits per heavy atom. The minimum atomic E-state index is -0.313. The molecule has 7 nitrogen and oxygen atoms in total. The second kappa shape index (κ2) is 8.63. The number of para-hydroxylation sites is 1. The fourth-order valence-electron chi connectivity index (χ4n) is 2.34. The fraction of sp³-hybridized carbons (Fsp3) is 0.200. The summed E-state index contributed by atoms with van der Waals surface area (Å²) in [5, 5.41) is 3.13. The van der Waals surface area contributed by atoms with Gasteiger partial charge in [0.15, 0.2) is 0 Å². The average Bonchev–Trinajstić information content (AvgIpc) is 2.68. The molecule has 2 aromatic heterocycles. The number of fused-ring (bicyclic) bond motifs is 1. The summed E-state index contributed by atoms with van der Waals surface area (Å²) in [6.07, 6.45) is 3.01. The van der Waals surface area contributed by atoms with E-state index in [0.717, 1.165) is 5.69 Å². The summed E-state index contributed by atoms with van der Waals surface area (Å²) in [6.45, 7) is 2.16. The highest BCUT2D eigenvalue weighted by Crippen LogP contribution is 2.07. The van der Waals surface area contributed by atoms with Gasteiger partial charge in [-0.25, -0.2) is 4.98 Å². The lowest BCUT2D eigenvalue weighted by molar-refractivity contribution is -0.121. The van der Waals surface area contributed by atoms with Crippen molar-refractivity contribution in [2.75, 3.05) is 13.2 Å². The number of ether oxygens (including phenoxy) is 1. The van der Waals surface area contributed by atoms with Crippen LogP contribution in [-0.2, 0) is 11.3 Å². The van der Waals surface area contributed by atoms with E-state index in [1.807, 2.05) is 25.1 Å². The average molecular weight is 362 g/mol. The second-order valence-corrected chi connectivity index (χ2v) is 5.75. The SMILES string of the molecule is Cc1ccc(OCC#CCNC(=O)Cn2cnc3ccccc3c2=O)cn1. The molecule has 0 aliphatic heterocycles. The molecule has 0 unspecified atom stereocenters. The number of benzene rings is 1. The molecular weight excluding hydrogens is 344 g/mol. The van der Waals surface area contributed by atoms with Crippen LogP contribution >= 0.6 is 0 Å². The third-order valence-corrected chi connectivity index (χ3v) is 3.74. The molecule has 136 valence electrons. The van der Waals surface area contributed by atoms with Gasteiger partial charge in [0, 0.05) is 5.69 Å². The highest BCUT2D eigenvalue weighted by Gasteiger charge is 2.06. The van der Waals surface area contributed by atoms with Gasteiger partial charge in [0.1, 0.15) is 18.9 Å². The van der Waals surface area contributed by atoms with E-state index in [1.54, 1.807) is 24.4 Å². The van der Waals surface area contributed by atoms with Gasteiger partial charge in [-0.15, -0.1) is 0 Å². The first kappa shape index (κ1) is 18.1. The van der Waals surface area contributed by atoms with Crippen molar-refractivity contribution in [3.05, 3.63) is 65.0 Å².